The Morgan fingerprint density at radius 1 is 1.00 bits per heavy atom. The molecule has 2 aromatic carbocycles. The Kier molecular flexibility index (Phi) is 6.05. The van der Waals surface area contributed by atoms with Gasteiger partial charge in [-0.1, -0.05) is 12.1 Å². The lowest BCUT2D eigenvalue weighted by Crippen LogP contribution is -2.50. The molecule has 0 unspecified atom stereocenters. The van der Waals surface area contributed by atoms with Gasteiger partial charge in [0.2, 0.25) is 10.0 Å². The largest absolute Gasteiger partial charge is 0.494 e. The minimum atomic E-state index is -3.58. The maximum atomic E-state index is 12.9. The van der Waals surface area contributed by atoms with Crippen molar-refractivity contribution in [3.63, 3.8) is 0 Å². The van der Waals surface area contributed by atoms with Crippen molar-refractivity contribution in [1.29, 1.82) is 0 Å². The minimum absolute atomic E-state index is 0.0423. The van der Waals surface area contributed by atoms with Crippen molar-refractivity contribution in [2.75, 3.05) is 32.8 Å². The average molecular weight is 403 g/mol. The molecule has 1 fully saturated rings. The fraction of sp³-hybridized carbons (Fsp3) is 0.381. The Hall–Kier alpha value is -2.38. The van der Waals surface area contributed by atoms with Crippen molar-refractivity contribution in [2.45, 2.75) is 25.7 Å². The molecule has 0 aliphatic carbocycles. The first-order valence-corrected chi connectivity index (χ1v) is 10.9. The highest BCUT2D eigenvalue weighted by Gasteiger charge is 2.30. The molecular formula is C21H26N2O4S. The van der Waals surface area contributed by atoms with Gasteiger partial charge in [-0.3, -0.25) is 4.79 Å². The zero-order valence-electron chi connectivity index (χ0n) is 16.5. The van der Waals surface area contributed by atoms with E-state index in [-0.39, 0.29) is 23.9 Å². The normalized spacial score (nSPS) is 15.5. The van der Waals surface area contributed by atoms with Crippen molar-refractivity contribution in [2.24, 2.45) is 0 Å². The minimum Gasteiger partial charge on any atom is -0.494 e. The van der Waals surface area contributed by atoms with Gasteiger partial charge in [0.05, 0.1) is 11.5 Å². The molecule has 6 nitrogen and oxygen atoms in total. The van der Waals surface area contributed by atoms with E-state index in [1.807, 2.05) is 39.0 Å². The van der Waals surface area contributed by atoms with E-state index in [1.165, 1.54) is 4.31 Å². The van der Waals surface area contributed by atoms with Gasteiger partial charge in [-0.2, -0.15) is 4.31 Å². The van der Waals surface area contributed by atoms with E-state index >= 15 is 0 Å². The smallest absolute Gasteiger partial charge is 0.254 e. The molecule has 1 aliphatic rings. The summed E-state index contributed by atoms with van der Waals surface area (Å²) in [6, 6.07) is 12.1. The summed E-state index contributed by atoms with van der Waals surface area (Å²) < 4.78 is 32.6. The van der Waals surface area contributed by atoms with Gasteiger partial charge in [-0.15, -0.1) is 0 Å². The number of benzene rings is 2. The highest BCUT2D eigenvalue weighted by Crippen LogP contribution is 2.22. The van der Waals surface area contributed by atoms with Crippen LogP contribution in [0.15, 0.2) is 47.4 Å². The standard InChI is InChI=1S/C21H26N2O4S/c1-4-27-18-8-10-19(11-9-18)28(25,26)23-14-12-22(13-15-23)21(24)20-7-5-6-16(2)17(20)3/h5-11H,4,12-15H2,1-3H3. The zero-order chi connectivity index (χ0) is 20.3. The topological polar surface area (TPSA) is 66.9 Å². The lowest BCUT2D eigenvalue weighted by molar-refractivity contribution is 0.0697. The summed E-state index contributed by atoms with van der Waals surface area (Å²) in [7, 11) is -3.58. The molecule has 0 N–H and O–H groups in total. The van der Waals surface area contributed by atoms with Crippen LogP contribution in [0, 0.1) is 13.8 Å². The maximum Gasteiger partial charge on any atom is 0.254 e. The molecule has 7 heteroatoms. The number of carbonyl (C=O) groups excluding carboxylic acids is 1. The van der Waals surface area contributed by atoms with Crippen molar-refractivity contribution in [3.8, 4) is 5.75 Å². The lowest BCUT2D eigenvalue weighted by atomic mass is 10.0. The van der Waals surface area contributed by atoms with Crippen LogP contribution < -0.4 is 4.74 Å². The van der Waals surface area contributed by atoms with Crippen LogP contribution >= 0.6 is 0 Å². The molecule has 1 amide bonds. The predicted molar refractivity (Wildman–Crippen MR) is 108 cm³/mol. The summed E-state index contributed by atoms with van der Waals surface area (Å²) in [4.78, 5) is 14.8. The molecule has 0 atom stereocenters. The Labute approximate surface area is 166 Å². The van der Waals surface area contributed by atoms with E-state index in [1.54, 1.807) is 29.2 Å². The number of hydrogen-bond donors (Lipinski definition) is 0. The summed E-state index contributed by atoms with van der Waals surface area (Å²) >= 11 is 0. The predicted octanol–water partition coefficient (Wildman–Crippen LogP) is 2.85. The second-order valence-corrected chi connectivity index (χ2v) is 8.79. The Balaban J connectivity index is 1.69. The molecule has 0 aromatic heterocycles. The van der Waals surface area contributed by atoms with E-state index in [0.717, 1.165) is 11.1 Å². The van der Waals surface area contributed by atoms with Crippen LogP contribution in [-0.4, -0.2) is 56.3 Å². The second kappa shape index (κ2) is 8.32. The number of carbonyl (C=O) groups is 1. The van der Waals surface area contributed by atoms with Gasteiger partial charge in [-0.25, -0.2) is 8.42 Å². The molecule has 0 saturated carbocycles. The SMILES string of the molecule is CCOc1ccc(S(=O)(=O)N2CCN(C(=O)c3cccc(C)c3C)CC2)cc1. The molecule has 1 aliphatic heterocycles. The van der Waals surface area contributed by atoms with Gasteiger partial charge in [0.1, 0.15) is 5.75 Å². The lowest BCUT2D eigenvalue weighted by Gasteiger charge is -2.34. The number of sulfonamides is 1. The molecule has 0 radical (unpaired) electrons. The summed E-state index contributed by atoms with van der Waals surface area (Å²) in [6.07, 6.45) is 0. The first kappa shape index (κ1) is 20.4. The molecule has 2 aromatic rings. The van der Waals surface area contributed by atoms with Crippen LogP contribution in [0.25, 0.3) is 0 Å². The molecule has 0 spiro atoms. The highest BCUT2D eigenvalue weighted by atomic mass is 32.2. The molecule has 1 heterocycles. The first-order valence-electron chi connectivity index (χ1n) is 9.43. The summed E-state index contributed by atoms with van der Waals surface area (Å²) in [5.74, 6) is 0.602. The number of nitrogens with zero attached hydrogens (tertiary/aromatic N) is 2. The summed E-state index contributed by atoms with van der Waals surface area (Å²) in [5.41, 5.74) is 2.72. The van der Waals surface area contributed by atoms with Gasteiger partial charge in [0.15, 0.2) is 0 Å². The van der Waals surface area contributed by atoms with Gasteiger partial charge >= 0.3 is 0 Å². The quantitative estimate of drug-likeness (QED) is 0.771. The first-order chi connectivity index (χ1) is 13.3. The number of piperazine rings is 1. The molecule has 28 heavy (non-hydrogen) atoms. The zero-order valence-corrected chi connectivity index (χ0v) is 17.3. The Morgan fingerprint density at radius 2 is 1.64 bits per heavy atom. The molecule has 3 rings (SSSR count). The van der Waals surface area contributed by atoms with E-state index in [0.29, 0.717) is 31.0 Å². The molecule has 1 saturated heterocycles. The fourth-order valence-electron chi connectivity index (χ4n) is 3.31. The second-order valence-electron chi connectivity index (χ2n) is 6.85. The van der Waals surface area contributed by atoms with Crippen molar-refractivity contribution < 1.29 is 17.9 Å². The average Bonchev–Trinajstić information content (AvgIpc) is 2.70. The van der Waals surface area contributed by atoms with Crippen LogP contribution in [0.3, 0.4) is 0 Å². The van der Waals surface area contributed by atoms with Crippen LogP contribution in [-0.2, 0) is 10.0 Å². The number of amides is 1. The third-order valence-corrected chi connectivity index (χ3v) is 7.05. The van der Waals surface area contributed by atoms with E-state index in [2.05, 4.69) is 0 Å². The fourth-order valence-corrected chi connectivity index (χ4v) is 4.73. The van der Waals surface area contributed by atoms with Crippen molar-refractivity contribution in [3.05, 3.63) is 59.2 Å². The van der Waals surface area contributed by atoms with E-state index < -0.39 is 10.0 Å². The number of hydrogen-bond acceptors (Lipinski definition) is 4. The number of ether oxygens (including phenoxy) is 1. The van der Waals surface area contributed by atoms with Gasteiger partial charge in [0, 0.05) is 31.7 Å². The Bertz CT molecular complexity index is 947. The molecular weight excluding hydrogens is 376 g/mol. The van der Waals surface area contributed by atoms with Crippen LogP contribution in [0.5, 0.6) is 5.75 Å². The van der Waals surface area contributed by atoms with Gasteiger partial charge in [0.25, 0.3) is 5.91 Å². The van der Waals surface area contributed by atoms with E-state index in [9.17, 15) is 13.2 Å². The van der Waals surface area contributed by atoms with Crippen LogP contribution in [0.2, 0.25) is 0 Å². The summed E-state index contributed by atoms with van der Waals surface area (Å²) in [6.45, 7) is 7.65. The van der Waals surface area contributed by atoms with Crippen molar-refractivity contribution >= 4 is 15.9 Å². The van der Waals surface area contributed by atoms with Gasteiger partial charge in [-0.05, 0) is 62.2 Å². The van der Waals surface area contributed by atoms with Gasteiger partial charge < -0.3 is 9.64 Å². The van der Waals surface area contributed by atoms with E-state index in [4.69, 9.17) is 4.74 Å². The third-order valence-electron chi connectivity index (χ3n) is 5.13. The number of aryl methyl sites for hydroxylation is 1. The Morgan fingerprint density at radius 3 is 2.25 bits per heavy atom. The molecule has 150 valence electrons. The monoisotopic (exact) mass is 402 g/mol. The van der Waals surface area contributed by atoms with Crippen molar-refractivity contribution in [1.82, 2.24) is 9.21 Å². The summed E-state index contributed by atoms with van der Waals surface area (Å²) in [5, 5.41) is 0. The van der Waals surface area contributed by atoms with Crippen LogP contribution in [0.4, 0.5) is 0 Å². The highest BCUT2D eigenvalue weighted by molar-refractivity contribution is 7.89. The molecule has 0 bridgehead atoms. The maximum absolute atomic E-state index is 12.9. The third kappa shape index (κ3) is 4.05. The van der Waals surface area contributed by atoms with Crippen LogP contribution in [0.1, 0.15) is 28.4 Å². The number of rotatable bonds is 5.